The molecule has 2 aliphatic carbocycles. The molecule has 0 spiro atoms. The number of carboxylic acids is 1. The van der Waals surface area contributed by atoms with Crippen molar-refractivity contribution >= 4 is 35.0 Å². The Kier molecular flexibility index (Phi) is 9.97. The molecule has 3 fully saturated rings. The number of piperidine rings is 1. The van der Waals surface area contributed by atoms with E-state index in [9.17, 15) is 19.5 Å². The van der Waals surface area contributed by atoms with E-state index in [4.69, 9.17) is 4.74 Å². The highest BCUT2D eigenvalue weighted by molar-refractivity contribution is 7.14. The minimum Gasteiger partial charge on any atom is -0.477 e. The van der Waals surface area contributed by atoms with E-state index in [1.165, 1.54) is 11.3 Å². The van der Waals surface area contributed by atoms with E-state index in [0.29, 0.717) is 31.0 Å². The summed E-state index contributed by atoms with van der Waals surface area (Å²) >= 11 is 1.30. The molecule has 1 aromatic rings. The highest BCUT2D eigenvalue weighted by atomic mass is 32.1. The number of thiophene rings is 1. The van der Waals surface area contributed by atoms with Crippen molar-refractivity contribution in [1.29, 1.82) is 0 Å². The van der Waals surface area contributed by atoms with Gasteiger partial charge in [-0.3, -0.25) is 4.79 Å². The van der Waals surface area contributed by atoms with Crippen molar-refractivity contribution < 1.29 is 24.2 Å². The molecule has 1 aromatic heterocycles. The number of nitrogens with one attached hydrogen (secondary N) is 2. The number of aromatic carboxylic acids is 1. The van der Waals surface area contributed by atoms with Crippen molar-refractivity contribution in [2.45, 2.75) is 117 Å². The first kappa shape index (κ1) is 29.8. The van der Waals surface area contributed by atoms with Crippen LogP contribution in [0.5, 0.6) is 0 Å². The van der Waals surface area contributed by atoms with Crippen molar-refractivity contribution in [2.24, 2.45) is 17.3 Å². The second-order valence-corrected chi connectivity index (χ2v) is 14.3. The summed E-state index contributed by atoms with van der Waals surface area (Å²) in [5, 5.41) is 16.4. The predicted octanol–water partition coefficient (Wildman–Crippen LogP) is 5.98. The molecule has 218 valence electrons. The van der Waals surface area contributed by atoms with E-state index in [1.54, 1.807) is 0 Å². The number of anilines is 1. The number of carbonyl (C=O) groups is 3. The number of amides is 2. The van der Waals surface area contributed by atoms with Crippen LogP contribution in [0.4, 0.5) is 10.5 Å². The number of alkyl carbamates (subject to hydrolysis) is 1. The summed E-state index contributed by atoms with van der Waals surface area (Å²) in [6, 6.07) is 1.88. The summed E-state index contributed by atoms with van der Waals surface area (Å²) in [4.78, 5) is 42.1. The second-order valence-electron chi connectivity index (χ2n) is 13.2. The number of hydrogen-bond acceptors (Lipinski definition) is 6. The van der Waals surface area contributed by atoms with Crippen LogP contribution >= 0.6 is 11.3 Å². The number of ether oxygens (including phenoxy) is 1. The molecule has 9 heteroatoms. The molecular formula is C30H47N3O5S. The minimum atomic E-state index is -0.972. The Morgan fingerprint density at radius 3 is 2.36 bits per heavy atom. The van der Waals surface area contributed by atoms with E-state index in [0.717, 1.165) is 69.2 Å². The average Bonchev–Trinajstić information content (AvgIpc) is 3.28. The summed E-state index contributed by atoms with van der Waals surface area (Å²) in [5.74, 6) is -0.336. The highest BCUT2D eigenvalue weighted by Crippen LogP contribution is 2.40. The van der Waals surface area contributed by atoms with Gasteiger partial charge in [0, 0.05) is 29.4 Å². The van der Waals surface area contributed by atoms with Gasteiger partial charge in [0.2, 0.25) is 5.91 Å². The lowest BCUT2D eigenvalue weighted by Gasteiger charge is -2.39. The Morgan fingerprint density at radius 1 is 1.08 bits per heavy atom. The quantitative estimate of drug-likeness (QED) is 0.378. The first-order chi connectivity index (χ1) is 18.5. The summed E-state index contributed by atoms with van der Waals surface area (Å²) in [6.07, 6.45) is 8.87. The SMILES string of the molecule is CC1CCC(C(=O)N(c2cc(CC(C)(C)C)sc2C(=O)O)C2CCC(NC(=O)O[C@@H]3CCCNC3)CC2)CC1. The molecule has 1 atom stereocenters. The van der Waals surface area contributed by atoms with Gasteiger partial charge in [0.25, 0.3) is 0 Å². The zero-order valence-corrected chi connectivity index (χ0v) is 24.9. The van der Waals surface area contributed by atoms with Gasteiger partial charge in [-0.05, 0) is 94.6 Å². The highest BCUT2D eigenvalue weighted by Gasteiger charge is 2.38. The topological polar surface area (TPSA) is 108 Å². The van der Waals surface area contributed by atoms with Crippen molar-refractivity contribution in [3.05, 3.63) is 15.8 Å². The molecule has 1 saturated heterocycles. The molecular weight excluding hydrogens is 514 g/mol. The molecule has 1 aliphatic heterocycles. The maximum absolute atomic E-state index is 14.1. The standard InChI is InChI=1S/C30H47N3O5S/c1-19-7-9-20(10-8-19)27(34)33(25-16-24(17-30(2,3)4)39-26(25)28(35)36)22-13-11-21(12-14-22)32-29(37)38-23-6-5-15-31-18-23/h16,19-23,31H,5-15,17-18H2,1-4H3,(H,32,37)(H,35,36)/t19?,20?,21?,22?,23-/m1/s1. The van der Waals surface area contributed by atoms with E-state index >= 15 is 0 Å². The van der Waals surface area contributed by atoms with E-state index in [2.05, 4.69) is 38.3 Å². The summed E-state index contributed by atoms with van der Waals surface area (Å²) in [6.45, 7) is 10.3. The van der Waals surface area contributed by atoms with Gasteiger partial charge in [-0.1, -0.05) is 27.7 Å². The van der Waals surface area contributed by atoms with Crippen LogP contribution in [0.15, 0.2) is 6.07 Å². The van der Waals surface area contributed by atoms with Crippen molar-refractivity contribution in [3.63, 3.8) is 0 Å². The minimum absolute atomic E-state index is 0.00403. The number of hydrogen-bond donors (Lipinski definition) is 3. The Balaban J connectivity index is 1.49. The van der Waals surface area contributed by atoms with Gasteiger partial charge >= 0.3 is 12.1 Å². The normalized spacial score (nSPS) is 27.9. The van der Waals surface area contributed by atoms with Crippen LogP contribution in [0.2, 0.25) is 0 Å². The van der Waals surface area contributed by atoms with Gasteiger partial charge in [-0.15, -0.1) is 11.3 Å². The largest absolute Gasteiger partial charge is 0.477 e. The van der Waals surface area contributed by atoms with Gasteiger partial charge in [0.15, 0.2) is 0 Å². The third-order valence-electron chi connectivity index (χ3n) is 8.43. The van der Waals surface area contributed by atoms with Gasteiger partial charge in [0.05, 0.1) is 5.69 Å². The molecule has 0 aromatic carbocycles. The number of carbonyl (C=O) groups excluding carboxylic acids is 2. The molecule has 8 nitrogen and oxygen atoms in total. The molecule has 2 amide bonds. The van der Waals surface area contributed by atoms with Crippen LogP contribution in [-0.2, 0) is 16.0 Å². The van der Waals surface area contributed by atoms with E-state index in [1.807, 2.05) is 11.0 Å². The maximum atomic E-state index is 14.1. The monoisotopic (exact) mass is 561 g/mol. The smallest absolute Gasteiger partial charge is 0.407 e. The van der Waals surface area contributed by atoms with Crippen molar-refractivity contribution in [3.8, 4) is 0 Å². The Bertz CT molecular complexity index is 997. The van der Waals surface area contributed by atoms with Crippen LogP contribution < -0.4 is 15.5 Å². The third-order valence-corrected chi connectivity index (χ3v) is 9.55. The summed E-state index contributed by atoms with van der Waals surface area (Å²) in [5.41, 5.74) is 0.578. The summed E-state index contributed by atoms with van der Waals surface area (Å²) < 4.78 is 5.61. The zero-order valence-electron chi connectivity index (χ0n) is 24.1. The molecule has 2 saturated carbocycles. The third kappa shape index (κ3) is 8.19. The van der Waals surface area contributed by atoms with Crippen LogP contribution in [0.1, 0.15) is 106 Å². The average molecular weight is 562 g/mol. The first-order valence-electron chi connectivity index (χ1n) is 14.9. The molecule has 0 bridgehead atoms. The molecule has 3 aliphatic rings. The van der Waals surface area contributed by atoms with Gasteiger partial charge in [-0.25, -0.2) is 9.59 Å². The lowest BCUT2D eigenvalue weighted by atomic mass is 9.81. The molecule has 0 radical (unpaired) electrons. The maximum Gasteiger partial charge on any atom is 0.407 e. The van der Waals surface area contributed by atoms with Crippen molar-refractivity contribution in [2.75, 3.05) is 18.0 Å². The van der Waals surface area contributed by atoms with Crippen LogP contribution in [0.3, 0.4) is 0 Å². The molecule has 4 rings (SSSR count). The Morgan fingerprint density at radius 2 is 1.77 bits per heavy atom. The van der Waals surface area contributed by atoms with E-state index < -0.39 is 5.97 Å². The lowest BCUT2D eigenvalue weighted by Crippen LogP contribution is -2.49. The number of carboxylic acid groups (broad SMARTS) is 1. The number of nitrogens with zero attached hydrogens (tertiary/aromatic N) is 1. The lowest BCUT2D eigenvalue weighted by molar-refractivity contribution is -0.124. The van der Waals surface area contributed by atoms with E-state index in [-0.39, 0.29) is 46.4 Å². The Labute approximate surface area is 237 Å². The summed E-state index contributed by atoms with van der Waals surface area (Å²) in [7, 11) is 0. The first-order valence-corrected chi connectivity index (χ1v) is 15.7. The molecule has 3 N–H and O–H groups in total. The van der Waals surface area contributed by atoms with Crippen molar-refractivity contribution in [1.82, 2.24) is 10.6 Å². The fourth-order valence-corrected chi connectivity index (χ4v) is 7.61. The molecule has 0 unspecified atom stereocenters. The zero-order chi connectivity index (χ0) is 28.2. The molecule has 39 heavy (non-hydrogen) atoms. The predicted molar refractivity (Wildman–Crippen MR) is 155 cm³/mol. The number of rotatable bonds is 7. The second kappa shape index (κ2) is 13.0. The molecule has 2 heterocycles. The van der Waals surface area contributed by atoms with Crippen LogP contribution in [0.25, 0.3) is 0 Å². The van der Waals surface area contributed by atoms with Gasteiger partial charge in [0.1, 0.15) is 11.0 Å². The van der Waals surface area contributed by atoms with Gasteiger partial charge < -0.3 is 25.4 Å². The van der Waals surface area contributed by atoms with Gasteiger partial charge in [-0.2, -0.15) is 0 Å². The Hall–Kier alpha value is -2.13. The fraction of sp³-hybridized carbons (Fsp3) is 0.767. The van der Waals surface area contributed by atoms with Crippen LogP contribution in [0, 0.1) is 17.3 Å². The van der Waals surface area contributed by atoms with Crippen LogP contribution in [-0.4, -0.2) is 54.4 Å². The fourth-order valence-electron chi connectivity index (χ4n) is 6.32.